The van der Waals surface area contributed by atoms with Gasteiger partial charge in [-0.05, 0) is 55.5 Å². The molecule has 2 aliphatic rings. The van der Waals surface area contributed by atoms with Crippen LogP contribution in [-0.4, -0.2) is 71.5 Å². The quantitative estimate of drug-likeness (QED) is 0.579. The van der Waals surface area contributed by atoms with Gasteiger partial charge in [-0.1, -0.05) is 41.1 Å². The van der Waals surface area contributed by atoms with E-state index < -0.39 is 11.5 Å². The molecule has 0 bridgehead atoms. The van der Waals surface area contributed by atoms with Crippen LogP contribution in [0.3, 0.4) is 0 Å². The van der Waals surface area contributed by atoms with Crippen molar-refractivity contribution in [2.45, 2.75) is 45.1 Å². The van der Waals surface area contributed by atoms with Gasteiger partial charge >= 0.3 is 0 Å². The van der Waals surface area contributed by atoms with Crippen molar-refractivity contribution in [3.8, 4) is 0 Å². The topological polar surface area (TPSA) is 56.0 Å². The predicted molar refractivity (Wildman–Crippen MR) is 129 cm³/mol. The number of aryl methyl sites for hydroxylation is 1. The summed E-state index contributed by atoms with van der Waals surface area (Å²) in [6.45, 7) is 9.71. The number of ketones is 1. The van der Waals surface area contributed by atoms with E-state index in [1.165, 1.54) is 6.07 Å². The molecule has 4 rings (SSSR count). The van der Waals surface area contributed by atoms with Gasteiger partial charge in [-0.15, -0.1) is 0 Å². The lowest BCUT2D eigenvalue weighted by Crippen LogP contribution is -2.48. The Balaban J connectivity index is 1.57. The molecule has 180 valence electrons. The Hall–Kier alpha value is -2.93. The number of hydrogen-bond acceptors (Lipinski definition) is 4. The molecule has 0 aromatic heterocycles. The molecule has 0 spiro atoms. The number of Topliss-reactive ketones (excluding diaryl/α,β-unsaturated/α-hetero) is 1. The molecule has 1 amide bonds. The Labute approximate surface area is 201 Å². The summed E-state index contributed by atoms with van der Waals surface area (Å²) < 4.78 is 16.5. The minimum Gasteiger partial charge on any atom is -0.340 e. The van der Waals surface area contributed by atoms with Crippen LogP contribution in [0, 0.1) is 12.7 Å². The number of nitrogens with zero attached hydrogens (tertiary/aromatic N) is 4. The van der Waals surface area contributed by atoms with Gasteiger partial charge in [0, 0.05) is 39.2 Å². The van der Waals surface area contributed by atoms with Gasteiger partial charge in [-0.2, -0.15) is 4.39 Å². The average Bonchev–Trinajstić information content (AvgIpc) is 3.22. The first-order valence-corrected chi connectivity index (χ1v) is 12.1. The van der Waals surface area contributed by atoms with Crippen LogP contribution in [-0.2, 0) is 15.0 Å². The standard InChI is InChI=1S/C27H34FN4O2/c1-20-10-11-24(28)25(18-20)32-19-27(26(29-32)21(2)33,23-8-5-4-6-9-23)12-7-13-30-14-16-31(17-15-30)22(3)34/h4-6,8-11,18,26H,7,12-17,19H2,1-3H3/q+1/t26?,27-/m0/s1. The van der Waals surface area contributed by atoms with Crippen molar-refractivity contribution in [2.24, 2.45) is 5.11 Å². The van der Waals surface area contributed by atoms with E-state index >= 15 is 0 Å². The molecular formula is C27H34FN4O2+. The summed E-state index contributed by atoms with van der Waals surface area (Å²) in [6.07, 6.45) is 1.65. The lowest BCUT2D eigenvalue weighted by Gasteiger charge is -2.35. The molecule has 2 aromatic carbocycles. The second-order valence-electron chi connectivity index (χ2n) is 9.61. The van der Waals surface area contributed by atoms with Gasteiger partial charge < -0.3 is 4.90 Å². The molecule has 1 saturated heterocycles. The highest BCUT2D eigenvalue weighted by molar-refractivity contribution is 5.84. The minimum absolute atomic E-state index is 0.00510. The van der Waals surface area contributed by atoms with Gasteiger partial charge in [0.2, 0.25) is 5.91 Å². The van der Waals surface area contributed by atoms with Gasteiger partial charge in [-0.25, -0.2) is 0 Å². The fourth-order valence-electron chi connectivity index (χ4n) is 5.37. The van der Waals surface area contributed by atoms with Crippen molar-refractivity contribution >= 4 is 17.4 Å². The maximum atomic E-state index is 14.8. The summed E-state index contributed by atoms with van der Waals surface area (Å²) in [7, 11) is 0. The van der Waals surface area contributed by atoms with Crippen molar-refractivity contribution in [1.29, 1.82) is 0 Å². The summed E-state index contributed by atoms with van der Waals surface area (Å²) >= 11 is 0. The molecule has 0 saturated carbocycles. The molecule has 0 radical (unpaired) electrons. The monoisotopic (exact) mass is 465 g/mol. The van der Waals surface area contributed by atoms with Gasteiger partial charge in [0.15, 0.2) is 24.2 Å². The summed E-state index contributed by atoms with van der Waals surface area (Å²) in [5, 5.41) is 4.77. The van der Waals surface area contributed by atoms with E-state index in [2.05, 4.69) is 17.0 Å². The third-order valence-corrected chi connectivity index (χ3v) is 7.24. The Morgan fingerprint density at radius 1 is 1.09 bits per heavy atom. The number of azo groups is 2. The Kier molecular flexibility index (Phi) is 7.22. The van der Waals surface area contributed by atoms with Crippen LogP contribution in [0.5, 0.6) is 0 Å². The molecular weight excluding hydrogens is 431 g/mol. The molecule has 34 heavy (non-hydrogen) atoms. The zero-order valence-corrected chi connectivity index (χ0v) is 20.3. The number of piperazine rings is 1. The maximum Gasteiger partial charge on any atom is 0.267 e. The van der Waals surface area contributed by atoms with Crippen LogP contribution in [0.4, 0.5) is 10.1 Å². The predicted octanol–water partition coefficient (Wildman–Crippen LogP) is 4.08. The van der Waals surface area contributed by atoms with Crippen molar-refractivity contribution in [1.82, 2.24) is 9.80 Å². The lowest BCUT2D eigenvalue weighted by molar-refractivity contribution is -0.505. The number of halogens is 1. The number of amides is 1. The normalized spacial score (nSPS) is 23.1. The van der Waals surface area contributed by atoms with Crippen molar-refractivity contribution < 1.29 is 18.7 Å². The van der Waals surface area contributed by atoms with Crippen LogP contribution >= 0.6 is 0 Å². The highest BCUT2D eigenvalue weighted by Gasteiger charge is 2.54. The number of carbonyl (C=O) groups excluding carboxylic acids is 2. The Morgan fingerprint density at radius 2 is 1.79 bits per heavy atom. The number of carbonyl (C=O) groups is 2. The van der Waals surface area contributed by atoms with E-state index in [1.54, 1.807) is 30.7 Å². The first-order valence-electron chi connectivity index (χ1n) is 12.1. The number of benzene rings is 2. The second kappa shape index (κ2) is 10.1. The van der Waals surface area contributed by atoms with E-state index in [0.29, 0.717) is 12.2 Å². The largest absolute Gasteiger partial charge is 0.340 e. The van der Waals surface area contributed by atoms with E-state index in [1.807, 2.05) is 30.0 Å². The minimum atomic E-state index is -0.565. The van der Waals surface area contributed by atoms with Gasteiger partial charge in [-0.3, -0.25) is 14.5 Å². The SMILES string of the molecule is CC(=O)C1N=[N+](c2cc(C)ccc2F)C[C@@]1(CCCN1CCN(C(C)=O)CC1)c1ccccc1. The Bertz CT molecular complexity index is 1080. The van der Waals surface area contributed by atoms with Crippen LogP contribution < -0.4 is 0 Å². The van der Waals surface area contributed by atoms with E-state index in [0.717, 1.165) is 56.7 Å². The molecule has 0 aliphatic carbocycles. The number of hydrogen-bond donors (Lipinski definition) is 0. The van der Waals surface area contributed by atoms with Crippen LogP contribution in [0.25, 0.3) is 0 Å². The smallest absolute Gasteiger partial charge is 0.267 e. The molecule has 2 aliphatic heterocycles. The molecule has 7 heteroatoms. The lowest BCUT2D eigenvalue weighted by atomic mass is 9.70. The molecule has 2 atom stereocenters. The van der Waals surface area contributed by atoms with Crippen molar-refractivity contribution in [3.05, 3.63) is 65.5 Å². The molecule has 0 N–H and O–H groups in total. The highest BCUT2D eigenvalue weighted by Crippen LogP contribution is 2.42. The van der Waals surface area contributed by atoms with Crippen LogP contribution in [0.15, 0.2) is 53.6 Å². The van der Waals surface area contributed by atoms with E-state index in [-0.39, 0.29) is 17.5 Å². The Morgan fingerprint density at radius 3 is 2.44 bits per heavy atom. The summed E-state index contributed by atoms with van der Waals surface area (Å²) in [5.74, 6) is -0.207. The van der Waals surface area contributed by atoms with E-state index in [9.17, 15) is 14.0 Å². The highest BCUT2D eigenvalue weighted by atomic mass is 19.1. The third kappa shape index (κ3) is 4.94. The van der Waals surface area contributed by atoms with Crippen LogP contribution in [0.2, 0.25) is 0 Å². The molecule has 2 aromatic rings. The number of rotatable bonds is 7. The fraction of sp³-hybridized carbons (Fsp3) is 0.481. The summed E-state index contributed by atoms with van der Waals surface area (Å²) in [6, 6.07) is 14.5. The molecule has 2 heterocycles. The van der Waals surface area contributed by atoms with Crippen molar-refractivity contribution in [2.75, 3.05) is 39.3 Å². The summed E-state index contributed by atoms with van der Waals surface area (Å²) in [5.41, 5.74) is 1.91. The summed E-state index contributed by atoms with van der Waals surface area (Å²) in [4.78, 5) is 28.8. The van der Waals surface area contributed by atoms with Crippen molar-refractivity contribution in [3.63, 3.8) is 0 Å². The van der Waals surface area contributed by atoms with Gasteiger partial charge in [0.25, 0.3) is 5.69 Å². The first kappa shape index (κ1) is 24.2. The zero-order chi connectivity index (χ0) is 24.3. The molecule has 1 unspecified atom stereocenters. The molecule has 6 nitrogen and oxygen atoms in total. The van der Waals surface area contributed by atoms with E-state index in [4.69, 9.17) is 5.11 Å². The fourth-order valence-corrected chi connectivity index (χ4v) is 5.37. The zero-order valence-electron chi connectivity index (χ0n) is 20.3. The van der Waals surface area contributed by atoms with Crippen LogP contribution in [0.1, 0.15) is 37.8 Å². The first-order chi connectivity index (χ1) is 16.3. The third-order valence-electron chi connectivity index (χ3n) is 7.24. The maximum absolute atomic E-state index is 14.8. The van der Waals surface area contributed by atoms with Gasteiger partial charge in [0.1, 0.15) is 0 Å². The molecule has 1 fully saturated rings. The van der Waals surface area contributed by atoms with Gasteiger partial charge in [0.05, 0.1) is 5.41 Å². The second-order valence-corrected chi connectivity index (χ2v) is 9.61. The average molecular weight is 466 g/mol.